The number of hydrogen-bond acceptors (Lipinski definition) is 3. The molecule has 1 rings (SSSR count). The highest BCUT2D eigenvalue weighted by molar-refractivity contribution is 5.74. The lowest BCUT2D eigenvalue weighted by molar-refractivity contribution is -0.138. The zero-order valence-electron chi connectivity index (χ0n) is 10.3. The third-order valence-corrected chi connectivity index (χ3v) is 2.63. The van der Waals surface area contributed by atoms with Gasteiger partial charge in [0.25, 0.3) is 0 Å². The van der Waals surface area contributed by atoms with Crippen LogP contribution in [0.5, 0.6) is 0 Å². The highest BCUT2D eigenvalue weighted by Crippen LogP contribution is 2.16. The van der Waals surface area contributed by atoms with Crippen molar-refractivity contribution in [2.75, 3.05) is 18.0 Å². The van der Waals surface area contributed by atoms with E-state index in [1.807, 2.05) is 31.2 Å². The van der Waals surface area contributed by atoms with Crippen LogP contribution in [-0.2, 0) is 16.0 Å². The van der Waals surface area contributed by atoms with Crippen LogP contribution in [-0.4, -0.2) is 35.2 Å². The summed E-state index contributed by atoms with van der Waals surface area (Å²) in [5, 5.41) is 17.5. The monoisotopic (exact) mass is 251 g/mol. The summed E-state index contributed by atoms with van der Waals surface area (Å²) in [6, 6.07) is 7.49. The first-order valence-corrected chi connectivity index (χ1v) is 5.80. The van der Waals surface area contributed by atoms with Crippen molar-refractivity contribution < 1.29 is 19.8 Å². The molecule has 0 spiro atoms. The summed E-state index contributed by atoms with van der Waals surface area (Å²) in [7, 11) is 0. The molecule has 0 aliphatic rings. The second kappa shape index (κ2) is 6.64. The Morgan fingerprint density at radius 3 is 2.17 bits per heavy atom. The third-order valence-electron chi connectivity index (χ3n) is 2.63. The van der Waals surface area contributed by atoms with Gasteiger partial charge in [-0.05, 0) is 24.1 Å². The SMILES string of the molecule is CCc1ccc(N(CCC(=O)O)CC(=O)O)cc1. The minimum absolute atomic E-state index is 0.0805. The molecule has 5 nitrogen and oxygen atoms in total. The predicted molar refractivity (Wildman–Crippen MR) is 67.9 cm³/mol. The van der Waals surface area contributed by atoms with E-state index in [1.54, 1.807) is 4.90 Å². The van der Waals surface area contributed by atoms with Gasteiger partial charge in [-0.3, -0.25) is 9.59 Å². The molecule has 0 fully saturated rings. The van der Waals surface area contributed by atoms with E-state index in [-0.39, 0.29) is 19.5 Å². The van der Waals surface area contributed by atoms with Gasteiger partial charge in [0.15, 0.2) is 0 Å². The van der Waals surface area contributed by atoms with Crippen LogP contribution < -0.4 is 4.90 Å². The lowest BCUT2D eigenvalue weighted by Crippen LogP contribution is -2.31. The second-order valence-electron chi connectivity index (χ2n) is 3.98. The first kappa shape index (κ1) is 14.0. The van der Waals surface area contributed by atoms with E-state index in [0.29, 0.717) is 0 Å². The van der Waals surface area contributed by atoms with Crippen LogP contribution in [0.4, 0.5) is 5.69 Å². The maximum Gasteiger partial charge on any atom is 0.323 e. The first-order chi connectivity index (χ1) is 8.52. The molecule has 0 aliphatic carbocycles. The number of carbonyl (C=O) groups is 2. The fourth-order valence-corrected chi connectivity index (χ4v) is 1.64. The Morgan fingerprint density at radius 1 is 1.11 bits per heavy atom. The van der Waals surface area contributed by atoms with Crippen molar-refractivity contribution in [3.63, 3.8) is 0 Å². The normalized spacial score (nSPS) is 10.1. The summed E-state index contributed by atoms with van der Waals surface area (Å²) >= 11 is 0. The molecule has 18 heavy (non-hydrogen) atoms. The lowest BCUT2D eigenvalue weighted by Gasteiger charge is -2.22. The fraction of sp³-hybridized carbons (Fsp3) is 0.385. The maximum absolute atomic E-state index is 10.8. The van der Waals surface area contributed by atoms with Gasteiger partial charge >= 0.3 is 11.9 Å². The summed E-state index contributed by atoms with van der Waals surface area (Å²) in [6.07, 6.45) is 0.831. The third kappa shape index (κ3) is 4.45. The van der Waals surface area contributed by atoms with Gasteiger partial charge in [-0.15, -0.1) is 0 Å². The van der Waals surface area contributed by atoms with Gasteiger partial charge in [-0.2, -0.15) is 0 Å². The molecule has 0 saturated heterocycles. The zero-order chi connectivity index (χ0) is 13.5. The van der Waals surface area contributed by atoms with Crippen molar-refractivity contribution >= 4 is 17.6 Å². The lowest BCUT2D eigenvalue weighted by atomic mass is 10.1. The summed E-state index contributed by atoms with van der Waals surface area (Å²) in [5.41, 5.74) is 1.89. The van der Waals surface area contributed by atoms with Crippen molar-refractivity contribution in [3.8, 4) is 0 Å². The molecular formula is C13H17NO4. The second-order valence-corrected chi connectivity index (χ2v) is 3.98. The molecule has 1 aromatic rings. The maximum atomic E-state index is 10.8. The Morgan fingerprint density at radius 2 is 1.72 bits per heavy atom. The molecule has 0 aliphatic heterocycles. The number of carboxylic acid groups (broad SMARTS) is 2. The van der Waals surface area contributed by atoms with Crippen molar-refractivity contribution in [2.24, 2.45) is 0 Å². The average Bonchev–Trinajstić information content (AvgIpc) is 2.34. The molecule has 98 valence electrons. The van der Waals surface area contributed by atoms with E-state index in [0.717, 1.165) is 17.7 Å². The van der Waals surface area contributed by atoms with E-state index in [4.69, 9.17) is 10.2 Å². The van der Waals surface area contributed by atoms with Crippen molar-refractivity contribution in [1.82, 2.24) is 0 Å². The molecule has 0 aromatic heterocycles. The van der Waals surface area contributed by atoms with Crippen molar-refractivity contribution in [2.45, 2.75) is 19.8 Å². The minimum Gasteiger partial charge on any atom is -0.481 e. The molecule has 0 saturated carbocycles. The van der Waals surface area contributed by atoms with E-state index in [9.17, 15) is 9.59 Å². The molecule has 0 bridgehead atoms. The van der Waals surface area contributed by atoms with Crippen LogP contribution >= 0.6 is 0 Å². The number of nitrogens with zero attached hydrogens (tertiary/aromatic N) is 1. The minimum atomic E-state index is -0.972. The van der Waals surface area contributed by atoms with Gasteiger partial charge in [-0.25, -0.2) is 0 Å². The summed E-state index contributed by atoms with van der Waals surface area (Å²) < 4.78 is 0. The Balaban J connectivity index is 2.79. The van der Waals surface area contributed by atoms with Crippen LogP contribution in [0.15, 0.2) is 24.3 Å². The molecule has 5 heteroatoms. The Kier molecular flexibility index (Phi) is 5.17. The molecule has 0 radical (unpaired) electrons. The van der Waals surface area contributed by atoms with Gasteiger partial charge in [0.1, 0.15) is 6.54 Å². The number of anilines is 1. The zero-order valence-corrected chi connectivity index (χ0v) is 10.3. The first-order valence-electron chi connectivity index (χ1n) is 5.80. The number of carboxylic acids is 2. The number of benzene rings is 1. The average molecular weight is 251 g/mol. The molecule has 1 aromatic carbocycles. The Hall–Kier alpha value is -2.04. The van der Waals surface area contributed by atoms with Crippen LogP contribution in [0.25, 0.3) is 0 Å². The van der Waals surface area contributed by atoms with Gasteiger partial charge < -0.3 is 15.1 Å². The quantitative estimate of drug-likeness (QED) is 0.769. The van der Waals surface area contributed by atoms with Gasteiger partial charge in [0.2, 0.25) is 0 Å². The van der Waals surface area contributed by atoms with Crippen LogP contribution in [0, 0.1) is 0 Å². The molecule has 0 atom stereocenters. The van der Waals surface area contributed by atoms with E-state index in [1.165, 1.54) is 0 Å². The number of rotatable bonds is 7. The molecule has 0 amide bonds. The van der Waals surface area contributed by atoms with Gasteiger partial charge in [-0.1, -0.05) is 19.1 Å². The van der Waals surface area contributed by atoms with E-state index >= 15 is 0 Å². The van der Waals surface area contributed by atoms with E-state index in [2.05, 4.69) is 0 Å². The molecule has 0 unspecified atom stereocenters. The van der Waals surface area contributed by atoms with Crippen LogP contribution in [0.1, 0.15) is 18.9 Å². The van der Waals surface area contributed by atoms with Gasteiger partial charge in [0, 0.05) is 12.2 Å². The summed E-state index contributed by atoms with van der Waals surface area (Å²) in [4.78, 5) is 22.9. The molecule has 0 heterocycles. The largest absolute Gasteiger partial charge is 0.481 e. The highest BCUT2D eigenvalue weighted by Gasteiger charge is 2.12. The fourth-order valence-electron chi connectivity index (χ4n) is 1.64. The van der Waals surface area contributed by atoms with Crippen molar-refractivity contribution in [3.05, 3.63) is 29.8 Å². The number of aryl methyl sites for hydroxylation is 1. The standard InChI is InChI=1S/C13H17NO4/c1-2-10-3-5-11(6-4-10)14(9-13(17)18)8-7-12(15)16/h3-6H,2,7-9H2,1H3,(H,15,16)(H,17,18). The number of hydrogen-bond donors (Lipinski definition) is 2. The topological polar surface area (TPSA) is 77.8 Å². The van der Waals surface area contributed by atoms with E-state index < -0.39 is 11.9 Å². The molecule has 2 N–H and O–H groups in total. The highest BCUT2D eigenvalue weighted by atomic mass is 16.4. The Labute approximate surface area is 106 Å². The summed E-state index contributed by atoms with van der Waals surface area (Å²) in [6.45, 7) is 2.03. The predicted octanol–water partition coefficient (Wildman–Crippen LogP) is 1.61. The Bertz CT molecular complexity index is 414. The molecular weight excluding hydrogens is 234 g/mol. The van der Waals surface area contributed by atoms with Gasteiger partial charge in [0.05, 0.1) is 6.42 Å². The summed E-state index contributed by atoms with van der Waals surface area (Å²) in [5.74, 6) is -1.91. The van der Waals surface area contributed by atoms with Crippen molar-refractivity contribution in [1.29, 1.82) is 0 Å². The van der Waals surface area contributed by atoms with Crippen LogP contribution in [0.2, 0.25) is 0 Å². The smallest absolute Gasteiger partial charge is 0.323 e. The van der Waals surface area contributed by atoms with Crippen LogP contribution in [0.3, 0.4) is 0 Å². The number of aliphatic carboxylic acids is 2.